The van der Waals surface area contributed by atoms with Crippen molar-refractivity contribution in [3.8, 4) is 0 Å². The molecule has 0 spiro atoms. The number of hydrogen-bond acceptors (Lipinski definition) is 2. The summed E-state index contributed by atoms with van der Waals surface area (Å²) in [4.78, 5) is 0. The second-order valence-electron chi connectivity index (χ2n) is 5.39. The van der Waals surface area contributed by atoms with Crippen molar-refractivity contribution in [1.82, 2.24) is 5.32 Å². The number of halogens is 2. The average molecular weight is 330 g/mol. The van der Waals surface area contributed by atoms with Crippen molar-refractivity contribution >= 4 is 15.9 Å². The van der Waals surface area contributed by atoms with Gasteiger partial charge in [0.25, 0.3) is 0 Å². The van der Waals surface area contributed by atoms with Gasteiger partial charge in [-0.3, -0.25) is 0 Å². The largest absolute Gasteiger partial charge is 0.381 e. The predicted octanol–water partition coefficient (Wildman–Crippen LogP) is 3.54. The molecular formula is C15H21BrFNO. The van der Waals surface area contributed by atoms with Crippen molar-refractivity contribution < 1.29 is 9.13 Å². The first-order chi connectivity index (χ1) is 9.15. The highest BCUT2D eigenvalue weighted by Crippen LogP contribution is 2.33. The maximum atomic E-state index is 13.9. The third kappa shape index (κ3) is 4.01. The SMILES string of the molecule is CCCNCC1(Cc2cc(Br)ccc2F)CCOC1. The Morgan fingerprint density at radius 2 is 2.32 bits per heavy atom. The number of hydrogen-bond donors (Lipinski definition) is 1. The maximum absolute atomic E-state index is 13.9. The summed E-state index contributed by atoms with van der Waals surface area (Å²) in [7, 11) is 0. The van der Waals surface area contributed by atoms with Crippen LogP contribution in [0.3, 0.4) is 0 Å². The lowest BCUT2D eigenvalue weighted by atomic mass is 9.80. The van der Waals surface area contributed by atoms with E-state index in [0.29, 0.717) is 0 Å². The molecule has 1 saturated heterocycles. The highest BCUT2D eigenvalue weighted by Gasteiger charge is 2.35. The molecule has 0 radical (unpaired) electrons. The summed E-state index contributed by atoms with van der Waals surface area (Å²) in [6, 6.07) is 5.16. The Hall–Kier alpha value is -0.450. The zero-order valence-corrected chi connectivity index (χ0v) is 12.9. The normalized spacial score (nSPS) is 22.9. The highest BCUT2D eigenvalue weighted by molar-refractivity contribution is 9.10. The third-order valence-electron chi connectivity index (χ3n) is 3.68. The Balaban J connectivity index is 2.09. The summed E-state index contributed by atoms with van der Waals surface area (Å²) in [6.07, 6.45) is 2.84. The van der Waals surface area contributed by atoms with E-state index in [0.717, 1.165) is 55.6 Å². The van der Waals surface area contributed by atoms with Crippen LogP contribution in [-0.4, -0.2) is 26.3 Å². The molecule has 1 unspecified atom stereocenters. The van der Waals surface area contributed by atoms with Crippen molar-refractivity contribution in [3.63, 3.8) is 0 Å². The van der Waals surface area contributed by atoms with Crippen LogP contribution >= 0.6 is 15.9 Å². The lowest BCUT2D eigenvalue weighted by Crippen LogP contribution is -2.37. The van der Waals surface area contributed by atoms with Crippen LogP contribution in [0.5, 0.6) is 0 Å². The molecule has 0 saturated carbocycles. The second kappa shape index (κ2) is 6.82. The fourth-order valence-electron chi connectivity index (χ4n) is 2.60. The first-order valence-corrected chi connectivity index (χ1v) is 7.67. The Labute approximate surface area is 122 Å². The van der Waals surface area contributed by atoms with Crippen LogP contribution in [0.25, 0.3) is 0 Å². The predicted molar refractivity (Wildman–Crippen MR) is 78.8 cm³/mol. The molecule has 1 fully saturated rings. The van der Waals surface area contributed by atoms with Gasteiger partial charge in [-0.25, -0.2) is 4.39 Å². The highest BCUT2D eigenvalue weighted by atomic mass is 79.9. The standard InChI is InChI=1S/C15H21BrFNO/c1-2-6-18-10-15(5-7-19-11-15)9-12-8-13(16)3-4-14(12)17/h3-4,8,18H,2,5-7,9-11H2,1H3. The zero-order chi connectivity index (χ0) is 13.7. The summed E-state index contributed by atoms with van der Waals surface area (Å²) in [5, 5.41) is 3.46. The Morgan fingerprint density at radius 1 is 1.47 bits per heavy atom. The molecule has 1 aliphatic heterocycles. The summed E-state index contributed by atoms with van der Waals surface area (Å²) in [5.41, 5.74) is 0.815. The molecule has 2 rings (SSSR count). The first-order valence-electron chi connectivity index (χ1n) is 6.88. The molecule has 1 heterocycles. The fourth-order valence-corrected chi connectivity index (χ4v) is 3.01. The minimum atomic E-state index is -0.120. The van der Waals surface area contributed by atoms with Gasteiger partial charge in [-0.05, 0) is 49.6 Å². The van der Waals surface area contributed by atoms with Gasteiger partial charge in [-0.15, -0.1) is 0 Å². The molecule has 19 heavy (non-hydrogen) atoms. The molecule has 1 aromatic carbocycles. The molecule has 0 aliphatic carbocycles. The maximum Gasteiger partial charge on any atom is 0.126 e. The number of ether oxygens (including phenoxy) is 1. The van der Waals surface area contributed by atoms with Gasteiger partial charge in [0.1, 0.15) is 5.82 Å². The van der Waals surface area contributed by atoms with Gasteiger partial charge < -0.3 is 10.1 Å². The van der Waals surface area contributed by atoms with Crippen LogP contribution in [0.1, 0.15) is 25.3 Å². The molecular weight excluding hydrogens is 309 g/mol. The van der Waals surface area contributed by atoms with Crippen molar-refractivity contribution in [2.24, 2.45) is 5.41 Å². The molecule has 1 aromatic rings. The van der Waals surface area contributed by atoms with Crippen LogP contribution in [0.2, 0.25) is 0 Å². The van der Waals surface area contributed by atoms with Crippen LogP contribution in [0.15, 0.2) is 22.7 Å². The third-order valence-corrected chi connectivity index (χ3v) is 4.18. The molecule has 0 bridgehead atoms. The van der Waals surface area contributed by atoms with E-state index in [1.54, 1.807) is 6.07 Å². The minimum absolute atomic E-state index is 0.0385. The quantitative estimate of drug-likeness (QED) is 0.806. The average Bonchev–Trinajstić information content (AvgIpc) is 2.83. The van der Waals surface area contributed by atoms with E-state index in [1.165, 1.54) is 6.07 Å². The lowest BCUT2D eigenvalue weighted by Gasteiger charge is -2.28. The number of benzene rings is 1. The van der Waals surface area contributed by atoms with Crippen molar-refractivity contribution in [2.45, 2.75) is 26.2 Å². The minimum Gasteiger partial charge on any atom is -0.381 e. The lowest BCUT2D eigenvalue weighted by molar-refractivity contribution is 0.149. The van der Waals surface area contributed by atoms with Gasteiger partial charge in [0.2, 0.25) is 0 Å². The molecule has 0 amide bonds. The first kappa shape index (κ1) is 14.9. The van der Waals surface area contributed by atoms with E-state index in [2.05, 4.69) is 28.2 Å². The van der Waals surface area contributed by atoms with Gasteiger partial charge in [0.15, 0.2) is 0 Å². The topological polar surface area (TPSA) is 21.3 Å². The number of nitrogens with one attached hydrogen (secondary N) is 1. The molecule has 1 aliphatic rings. The summed E-state index contributed by atoms with van der Waals surface area (Å²) >= 11 is 3.41. The van der Waals surface area contributed by atoms with E-state index in [4.69, 9.17) is 4.74 Å². The van der Waals surface area contributed by atoms with E-state index in [9.17, 15) is 4.39 Å². The smallest absolute Gasteiger partial charge is 0.126 e. The zero-order valence-electron chi connectivity index (χ0n) is 11.3. The van der Waals surface area contributed by atoms with Crippen LogP contribution in [0, 0.1) is 11.2 Å². The van der Waals surface area contributed by atoms with Gasteiger partial charge in [-0.2, -0.15) is 0 Å². The second-order valence-corrected chi connectivity index (χ2v) is 6.31. The van der Waals surface area contributed by atoms with E-state index in [1.807, 2.05) is 6.07 Å². The molecule has 106 valence electrons. The van der Waals surface area contributed by atoms with Gasteiger partial charge >= 0.3 is 0 Å². The number of rotatable bonds is 6. The van der Waals surface area contributed by atoms with Gasteiger partial charge in [0.05, 0.1) is 6.61 Å². The summed E-state index contributed by atoms with van der Waals surface area (Å²) in [6.45, 7) is 5.55. The van der Waals surface area contributed by atoms with E-state index in [-0.39, 0.29) is 11.2 Å². The molecule has 1 atom stereocenters. The van der Waals surface area contributed by atoms with Crippen molar-refractivity contribution in [2.75, 3.05) is 26.3 Å². The summed E-state index contributed by atoms with van der Waals surface area (Å²) < 4.78 is 20.4. The molecule has 4 heteroatoms. The molecule has 1 N–H and O–H groups in total. The van der Waals surface area contributed by atoms with Crippen LogP contribution < -0.4 is 5.32 Å². The Bertz CT molecular complexity index is 419. The Morgan fingerprint density at radius 3 is 3.00 bits per heavy atom. The van der Waals surface area contributed by atoms with Crippen LogP contribution in [0.4, 0.5) is 4.39 Å². The monoisotopic (exact) mass is 329 g/mol. The van der Waals surface area contributed by atoms with Crippen LogP contribution in [-0.2, 0) is 11.2 Å². The van der Waals surface area contributed by atoms with Crippen molar-refractivity contribution in [1.29, 1.82) is 0 Å². The van der Waals surface area contributed by atoms with Crippen molar-refractivity contribution in [3.05, 3.63) is 34.1 Å². The summed E-state index contributed by atoms with van der Waals surface area (Å²) in [5.74, 6) is -0.120. The van der Waals surface area contributed by atoms with Gasteiger partial charge in [0, 0.05) is 23.0 Å². The fraction of sp³-hybridized carbons (Fsp3) is 0.600. The van der Waals surface area contributed by atoms with E-state index < -0.39 is 0 Å². The van der Waals surface area contributed by atoms with E-state index >= 15 is 0 Å². The Kier molecular flexibility index (Phi) is 5.37. The molecule has 0 aromatic heterocycles. The van der Waals surface area contributed by atoms with Gasteiger partial charge in [-0.1, -0.05) is 22.9 Å². The molecule has 2 nitrogen and oxygen atoms in total.